The summed E-state index contributed by atoms with van der Waals surface area (Å²) < 4.78 is 9.63. The third kappa shape index (κ3) is 3.55. The molecule has 0 atom stereocenters. The van der Waals surface area contributed by atoms with Gasteiger partial charge >= 0.3 is 5.69 Å². The van der Waals surface area contributed by atoms with Gasteiger partial charge in [0.2, 0.25) is 5.95 Å². The summed E-state index contributed by atoms with van der Waals surface area (Å²) in [4.78, 5) is 29.2. The van der Waals surface area contributed by atoms with Crippen LogP contribution in [0.25, 0.3) is 11.2 Å². The molecule has 0 fully saturated rings. The first kappa shape index (κ1) is 19.4. The Bertz CT molecular complexity index is 1120. The fourth-order valence-electron chi connectivity index (χ4n) is 2.95. The highest BCUT2D eigenvalue weighted by molar-refractivity contribution is 5.80. The summed E-state index contributed by atoms with van der Waals surface area (Å²) in [5.74, 6) is 1.21. The van der Waals surface area contributed by atoms with Crippen LogP contribution in [-0.4, -0.2) is 31.5 Å². The van der Waals surface area contributed by atoms with Gasteiger partial charge in [0, 0.05) is 20.6 Å². The Morgan fingerprint density at radius 1 is 1.14 bits per heavy atom. The maximum absolute atomic E-state index is 12.6. The molecule has 148 valence electrons. The number of imidazole rings is 1. The molecule has 9 heteroatoms. The summed E-state index contributed by atoms with van der Waals surface area (Å²) in [6.45, 7) is 5.13. The molecule has 2 aromatic heterocycles. The van der Waals surface area contributed by atoms with E-state index in [1.807, 2.05) is 38.1 Å². The second-order valence-electron chi connectivity index (χ2n) is 6.34. The van der Waals surface area contributed by atoms with Crippen LogP contribution < -0.4 is 21.4 Å². The minimum Gasteiger partial charge on any atom is -0.494 e. The van der Waals surface area contributed by atoms with Crippen LogP contribution in [0.15, 0.2) is 39.0 Å². The molecule has 0 bridgehead atoms. The molecule has 1 aromatic carbocycles. The highest BCUT2D eigenvalue weighted by Crippen LogP contribution is 2.16. The Morgan fingerprint density at radius 2 is 1.86 bits per heavy atom. The summed E-state index contributed by atoms with van der Waals surface area (Å²) in [7, 11) is 3.06. The maximum atomic E-state index is 12.6. The number of nitrogens with one attached hydrogen (secondary N) is 1. The number of benzene rings is 1. The number of aryl methyl sites for hydroxylation is 2. The average molecular weight is 384 g/mol. The third-order valence-electron chi connectivity index (χ3n) is 4.36. The van der Waals surface area contributed by atoms with E-state index in [-0.39, 0.29) is 5.56 Å². The number of hydrogen-bond donors (Lipinski definition) is 1. The lowest BCUT2D eigenvalue weighted by Crippen LogP contribution is -2.37. The first-order valence-corrected chi connectivity index (χ1v) is 9.16. The van der Waals surface area contributed by atoms with E-state index >= 15 is 0 Å². The van der Waals surface area contributed by atoms with E-state index in [0.29, 0.717) is 30.3 Å². The van der Waals surface area contributed by atoms with Crippen molar-refractivity contribution in [3.05, 3.63) is 50.7 Å². The highest BCUT2D eigenvalue weighted by atomic mass is 16.5. The lowest BCUT2D eigenvalue weighted by atomic mass is 10.2. The van der Waals surface area contributed by atoms with Crippen LogP contribution in [0, 0.1) is 0 Å². The standard InChI is InChI=1S/C19H24N6O3/c1-5-11-25-15-16(23(3)19(27)24(4)17(15)26)21-18(25)22-20-12-13-7-9-14(10-8-13)28-6-2/h7-10,12H,5-6,11H2,1-4H3,(H,21,22)/b20-12+. The van der Waals surface area contributed by atoms with E-state index in [1.54, 1.807) is 17.8 Å². The Morgan fingerprint density at radius 3 is 2.50 bits per heavy atom. The fraction of sp³-hybridized carbons (Fsp3) is 0.368. The van der Waals surface area contributed by atoms with Crippen LogP contribution in [-0.2, 0) is 20.6 Å². The van der Waals surface area contributed by atoms with Gasteiger partial charge in [-0.2, -0.15) is 10.1 Å². The van der Waals surface area contributed by atoms with E-state index in [2.05, 4.69) is 15.5 Å². The lowest BCUT2D eigenvalue weighted by Gasteiger charge is -2.07. The molecule has 3 aromatic rings. The number of anilines is 1. The molecular weight excluding hydrogens is 360 g/mol. The van der Waals surface area contributed by atoms with Crippen LogP contribution in [0.2, 0.25) is 0 Å². The number of rotatable bonds is 7. The van der Waals surface area contributed by atoms with E-state index in [9.17, 15) is 9.59 Å². The summed E-state index contributed by atoms with van der Waals surface area (Å²) in [5.41, 5.74) is 3.71. The Labute approximate surface area is 161 Å². The molecular formula is C19H24N6O3. The highest BCUT2D eigenvalue weighted by Gasteiger charge is 2.18. The molecule has 0 aliphatic rings. The zero-order chi connectivity index (χ0) is 20.3. The molecule has 0 amide bonds. The number of hydrogen-bond acceptors (Lipinski definition) is 6. The quantitative estimate of drug-likeness (QED) is 0.494. The SMILES string of the molecule is CCCn1c(N/N=C/c2ccc(OCC)cc2)nc2c1c(=O)n(C)c(=O)n2C. The van der Waals surface area contributed by atoms with E-state index < -0.39 is 5.69 Å². The van der Waals surface area contributed by atoms with Crippen molar-refractivity contribution in [3.8, 4) is 5.75 Å². The van der Waals surface area contributed by atoms with Crippen LogP contribution in [0.4, 0.5) is 5.95 Å². The first-order valence-electron chi connectivity index (χ1n) is 9.16. The maximum Gasteiger partial charge on any atom is 0.332 e. The third-order valence-corrected chi connectivity index (χ3v) is 4.36. The van der Waals surface area contributed by atoms with Gasteiger partial charge in [0.15, 0.2) is 11.2 Å². The Kier molecular flexibility index (Phi) is 5.62. The summed E-state index contributed by atoms with van der Waals surface area (Å²) >= 11 is 0. The average Bonchev–Trinajstić information content (AvgIpc) is 3.05. The number of fused-ring (bicyclic) bond motifs is 1. The molecule has 0 unspecified atom stereocenters. The van der Waals surface area contributed by atoms with Crippen LogP contribution >= 0.6 is 0 Å². The van der Waals surface area contributed by atoms with E-state index in [0.717, 1.165) is 22.3 Å². The van der Waals surface area contributed by atoms with Gasteiger partial charge in [0.25, 0.3) is 5.56 Å². The van der Waals surface area contributed by atoms with Crippen molar-refractivity contribution in [1.82, 2.24) is 18.7 Å². The molecule has 9 nitrogen and oxygen atoms in total. The van der Waals surface area contributed by atoms with Crippen molar-refractivity contribution in [2.45, 2.75) is 26.8 Å². The predicted octanol–water partition coefficient (Wildman–Crippen LogP) is 1.69. The van der Waals surface area contributed by atoms with Gasteiger partial charge in [0.05, 0.1) is 12.8 Å². The fourth-order valence-corrected chi connectivity index (χ4v) is 2.95. The summed E-state index contributed by atoms with van der Waals surface area (Å²) in [6.07, 6.45) is 2.46. The number of ether oxygens (including phenoxy) is 1. The van der Waals surface area contributed by atoms with Crippen LogP contribution in [0.1, 0.15) is 25.8 Å². The minimum absolute atomic E-state index is 0.334. The van der Waals surface area contributed by atoms with Crippen LogP contribution in [0.3, 0.4) is 0 Å². The molecule has 0 aliphatic heterocycles. The van der Waals surface area contributed by atoms with Crippen molar-refractivity contribution in [3.63, 3.8) is 0 Å². The number of nitrogens with zero attached hydrogens (tertiary/aromatic N) is 5. The molecule has 0 saturated carbocycles. The number of hydrazone groups is 1. The van der Waals surface area contributed by atoms with Gasteiger partial charge < -0.3 is 9.30 Å². The van der Waals surface area contributed by atoms with Gasteiger partial charge in [-0.05, 0) is 43.2 Å². The lowest BCUT2D eigenvalue weighted by molar-refractivity contribution is 0.340. The molecule has 3 rings (SSSR count). The molecule has 28 heavy (non-hydrogen) atoms. The minimum atomic E-state index is -0.414. The zero-order valence-corrected chi connectivity index (χ0v) is 16.5. The smallest absolute Gasteiger partial charge is 0.332 e. The van der Waals surface area contributed by atoms with Crippen molar-refractivity contribution < 1.29 is 4.74 Å². The Balaban J connectivity index is 1.95. The van der Waals surface area contributed by atoms with Crippen molar-refractivity contribution in [2.24, 2.45) is 19.2 Å². The molecule has 2 heterocycles. The van der Waals surface area contributed by atoms with Crippen molar-refractivity contribution >= 4 is 23.3 Å². The van der Waals surface area contributed by atoms with Gasteiger partial charge in [-0.3, -0.25) is 13.9 Å². The second kappa shape index (κ2) is 8.12. The topological polar surface area (TPSA) is 95.4 Å². The van der Waals surface area contributed by atoms with Gasteiger partial charge in [-0.15, -0.1) is 0 Å². The van der Waals surface area contributed by atoms with Crippen molar-refractivity contribution in [2.75, 3.05) is 12.0 Å². The normalized spacial score (nSPS) is 11.4. The largest absolute Gasteiger partial charge is 0.494 e. The van der Waals surface area contributed by atoms with Crippen LogP contribution in [0.5, 0.6) is 5.75 Å². The molecule has 0 radical (unpaired) electrons. The molecule has 0 spiro atoms. The first-order chi connectivity index (χ1) is 13.5. The summed E-state index contributed by atoms with van der Waals surface area (Å²) in [6, 6.07) is 7.53. The van der Waals surface area contributed by atoms with E-state index in [4.69, 9.17) is 4.74 Å². The predicted molar refractivity (Wildman–Crippen MR) is 109 cm³/mol. The van der Waals surface area contributed by atoms with Gasteiger partial charge in [-0.25, -0.2) is 10.2 Å². The molecule has 1 N–H and O–H groups in total. The molecule has 0 saturated heterocycles. The zero-order valence-electron chi connectivity index (χ0n) is 16.5. The van der Waals surface area contributed by atoms with Crippen molar-refractivity contribution in [1.29, 1.82) is 0 Å². The second-order valence-corrected chi connectivity index (χ2v) is 6.34. The Hall–Kier alpha value is -3.36. The van der Waals surface area contributed by atoms with E-state index in [1.165, 1.54) is 11.6 Å². The number of aromatic nitrogens is 4. The monoisotopic (exact) mass is 384 g/mol. The molecule has 0 aliphatic carbocycles. The van der Waals surface area contributed by atoms with Gasteiger partial charge in [-0.1, -0.05) is 6.92 Å². The summed E-state index contributed by atoms with van der Waals surface area (Å²) in [5, 5.41) is 4.23. The van der Waals surface area contributed by atoms with Gasteiger partial charge in [0.1, 0.15) is 5.75 Å².